The van der Waals surface area contributed by atoms with E-state index in [4.69, 9.17) is 10.2 Å². The quantitative estimate of drug-likeness (QED) is 0.556. The van der Waals surface area contributed by atoms with Crippen LogP contribution in [0.5, 0.6) is 0 Å². The molecule has 0 aromatic carbocycles. The number of rotatable bonds is 5. The Morgan fingerprint density at radius 3 is 2.33 bits per heavy atom. The second-order valence-electron chi connectivity index (χ2n) is 3.16. The minimum absolute atomic E-state index is 0.0190. The molecule has 0 saturated heterocycles. The van der Waals surface area contributed by atoms with Gasteiger partial charge in [-0.15, -0.1) is 0 Å². The van der Waals surface area contributed by atoms with Gasteiger partial charge in [-0.25, -0.2) is 19.6 Å². The summed E-state index contributed by atoms with van der Waals surface area (Å²) in [6.07, 6.45) is 2.04. The molecule has 18 heavy (non-hydrogen) atoms. The van der Waals surface area contributed by atoms with Crippen LogP contribution in [0.3, 0.4) is 0 Å². The molecule has 0 aliphatic rings. The molecule has 0 bridgehead atoms. The standard InChI is InChI=1S/C9H10N4O5/c14-6(15)4-5(7(16)17)12-9(18)13-8-10-2-1-3-11-8/h1-3,5H,4H2,(H,14,15)(H,16,17)(H2,10,11,12,13,18). The summed E-state index contributed by atoms with van der Waals surface area (Å²) in [5.74, 6) is -2.80. The Morgan fingerprint density at radius 2 is 1.83 bits per heavy atom. The lowest BCUT2D eigenvalue weighted by atomic mass is 10.2. The van der Waals surface area contributed by atoms with Crippen LogP contribution in [0.15, 0.2) is 18.5 Å². The predicted molar refractivity (Wildman–Crippen MR) is 57.9 cm³/mol. The Kier molecular flexibility index (Phi) is 4.55. The van der Waals surface area contributed by atoms with E-state index in [9.17, 15) is 14.4 Å². The van der Waals surface area contributed by atoms with Crippen molar-refractivity contribution in [2.24, 2.45) is 0 Å². The minimum atomic E-state index is -1.52. The molecule has 2 amide bonds. The molecule has 9 heteroatoms. The van der Waals surface area contributed by atoms with Crippen molar-refractivity contribution in [3.05, 3.63) is 18.5 Å². The number of carboxylic acid groups (broad SMARTS) is 2. The third-order valence-corrected chi connectivity index (χ3v) is 1.77. The van der Waals surface area contributed by atoms with Gasteiger partial charge in [-0.2, -0.15) is 0 Å². The Balaban J connectivity index is 2.56. The zero-order valence-corrected chi connectivity index (χ0v) is 9.03. The van der Waals surface area contributed by atoms with Gasteiger partial charge in [-0.3, -0.25) is 10.1 Å². The molecule has 1 atom stereocenters. The monoisotopic (exact) mass is 254 g/mol. The Morgan fingerprint density at radius 1 is 1.22 bits per heavy atom. The summed E-state index contributed by atoms with van der Waals surface area (Å²) in [7, 11) is 0. The minimum Gasteiger partial charge on any atom is -0.481 e. The first-order valence-corrected chi connectivity index (χ1v) is 4.78. The van der Waals surface area contributed by atoms with Crippen molar-refractivity contribution in [3.63, 3.8) is 0 Å². The summed E-state index contributed by atoms with van der Waals surface area (Å²) in [6, 6.07) is -0.880. The van der Waals surface area contributed by atoms with E-state index >= 15 is 0 Å². The topological polar surface area (TPSA) is 142 Å². The van der Waals surface area contributed by atoms with Gasteiger partial charge in [0.25, 0.3) is 0 Å². The normalized spacial score (nSPS) is 11.3. The summed E-state index contributed by atoms with van der Waals surface area (Å²) >= 11 is 0. The van der Waals surface area contributed by atoms with Crippen molar-refractivity contribution in [1.82, 2.24) is 15.3 Å². The molecular formula is C9H10N4O5. The lowest BCUT2D eigenvalue weighted by molar-refractivity contribution is -0.145. The maximum absolute atomic E-state index is 11.4. The van der Waals surface area contributed by atoms with Gasteiger partial charge in [-0.05, 0) is 6.07 Å². The molecule has 96 valence electrons. The van der Waals surface area contributed by atoms with Crippen LogP contribution < -0.4 is 10.6 Å². The van der Waals surface area contributed by atoms with Gasteiger partial charge < -0.3 is 15.5 Å². The molecule has 0 radical (unpaired) electrons. The summed E-state index contributed by atoms with van der Waals surface area (Å²) in [6.45, 7) is 0. The summed E-state index contributed by atoms with van der Waals surface area (Å²) in [5, 5.41) is 21.3. The largest absolute Gasteiger partial charge is 0.481 e. The molecule has 4 N–H and O–H groups in total. The van der Waals surface area contributed by atoms with Crippen LogP contribution in [0.2, 0.25) is 0 Å². The van der Waals surface area contributed by atoms with Gasteiger partial charge in [0.05, 0.1) is 6.42 Å². The third kappa shape index (κ3) is 4.43. The van der Waals surface area contributed by atoms with E-state index in [1.807, 2.05) is 5.32 Å². The fraction of sp³-hybridized carbons (Fsp3) is 0.222. The van der Waals surface area contributed by atoms with Crippen LogP contribution in [-0.2, 0) is 9.59 Å². The number of hydrogen-bond donors (Lipinski definition) is 4. The van der Waals surface area contributed by atoms with Crippen molar-refractivity contribution in [3.8, 4) is 0 Å². The van der Waals surface area contributed by atoms with E-state index < -0.39 is 30.4 Å². The maximum Gasteiger partial charge on any atom is 0.326 e. The summed E-state index contributed by atoms with van der Waals surface area (Å²) < 4.78 is 0. The average molecular weight is 254 g/mol. The fourth-order valence-electron chi connectivity index (χ4n) is 1.03. The first-order valence-electron chi connectivity index (χ1n) is 4.78. The fourth-order valence-corrected chi connectivity index (χ4v) is 1.03. The zero-order chi connectivity index (χ0) is 13.5. The SMILES string of the molecule is O=C(O)CC(NC(=O)Nc1ncccn1)C(=O)O. The summed E-state index contributed by atoms with van der Waals surface area (Å²) in [5.41, 5.74) is 0. The molecule has 1 aromatic rings. The Hall–Kier alpha value is -2.71. The summed E-state index contributed by atoms with van der Waals surface area (Å²) in [4.78, 5) is 39.8. The number of anilines is 1. The number of aromatic nitrogens is 2. The highest BCUT2D eigenvalue weighted by Crippen LogP contribution is 1.96. The van der Waals surface area contributed by atoms with Crippen LogP contribution in [0.1, 0.15) is 6.42 Å². The average Bonchev–Trinajstić information content (AvgIpc) is 2.28. The van der Waals surface area contributed by atoms with Gasteiger partial charge in [0.15, 0.2) is 0 Å². The molecule has 1 aromatic heterocycles. The van der Waals surface area contributed by atoms with Crippen molar-refractivity contribution >= 4 is 23.9 Å². The number of nitrogens with one attached hydrogen (secondary N) is 2. The number of carbonyl (C=O) groups excluding carboxylic acids is 1. The van der Waals surface area contributed by atoms with E-state index in [1.54, 1.807) is 0 Å². The first-order chi connectivity index (χ1) is 8.49. The molecule has 0 aliphatic heterocycles. The van der Waals surface area contributed by atoms with E-state index in [1.165, 1.54) is 18.5 Å². The van der Waals surface area contributed by atoms with E-state index in [0.717, 1.165) is 0 Å². The van der Waals surface area contributed by atoms with E-state index in [2.05, 4.69) is 15.3 Å². The van der Waals surface area contributed by atoms with Crippen LogP contribution in [0.25, 0.3) is 0 Å². The maximum atomic E-state index is 11.4. The lowest BCUT2D eigenvalue weighted by Gasteiger charge is -2.12. The second kappa shape index (κ2) is 6.13. The highest BCUT2D eigenvalue weighted by atomic mass is 16.4. The zero-order valence-electron chi connectivity index (χ0n) is 9.03. The molecule has 1 heterocycles. The molecule has 1 unspecified atom stereocenters. The van der Waals surface area contributed by atoms with Gasteiger partial charge in [0.2, 0.25) is 5.95 Å². The van der Waals surface area contributed by atoms with Crippen molar-refractivity contribution in [2.45, 2.75) is 12.5 Å². The van der Waals surface area contributed by atoms with Crippen LogP contribution >= 0.6 is 0 Å². The molecule has 0 spiro atoms. The van der Waals surface area contributed by atoms with Crippen molar-refractivity contribution < 1.29 is 24.6 Å². The van der Waals surface area contributed by atoms with Crippen LogP contribution in [0, 0.1) is 0 Å². The van der Waals surface area contributed by atoms with Crippen LogP contribution in [0.4, 0.5) is 10.7 Å². The molecule has 0 fully saturated rings. The molecule has 0 saturated carbocycles. The van der Waals surface area contributed by atoms with Crippen molar-refractivity contribution in [2.75, 3.05) is 5.32 Å². The predicted octanol–water partition coefficient (Wildman–Crippen LogP) is -0.474. The lowest BCUT2D eigenvalue weighted by Crippen LogP contribution is -2.44. The number of urea groups is 1. The third-order valence-electron chi connectivity index (χ3n) is 1.77. The van der Waals surface area contributed by atoms with Gasteiger partial charge in [0, 0.05) is 12.4 Å². The van der Waals surface area contributed by atoms with Gasteiger partial charge >= 0.3 is 18.0 Å². The highest BCUT2D eigenvalue weighted by molar-refractivity contribution is 5.92. The number of nitrogens with zero attached hydrogens (tertiary/aromatic N) is 2. The van der Waals surface area contributed by atoms with Gasteiger partial charge in [0.1, 0.15) is 6.04 Å². The Bertz CT molecular complexity index is 450. The molecule has 1 rings (SSSR count). The second-order valence-corrected chi connectivity index (χ2v) is 3.16. The van der Waals surface area contributed by atoms with Crippen molar-refractivity contribution in [1.29, 1.82) is 0 Å². The number of hydrogen-bond acceptors (Lipinski definition) is 5. The Labute approximate surface area is 101 Å². The molecular weight excluding hydrogens is 244 g/mol. The number of amides is 2. The molecule has 9 nitrogen and oxygen atoms in total. The smallest absolute Gasteiger partial charge is 0.326 e. The highest BCUT2D eigenvalue weighted by Gasteiger charge is 2.23. The van der Waals surface area contributed by atoms with E-state index in [0.29, 0.717) is 0 Å². The van der Waals surface area contributed by atoms with Crippen LogP contribution in [-0.4, -0.2) is 44.2 Å². The number of aliphatic carboxylic acids is 2. The number of carbonyl (C=O) groups is 3. The van der Waals surface area contributed by atoms with Gasteiger partial charge in [-0.1, -0.05) is 0 Å². The molecule has 0 aliphatic carbocycles. The number of carboxylic acids is 2. The van der Waals surface area contributed by atoms with E-state index in [-0.39, 0.29) is 5.95 Å². The first kappa shape index (κ1) is 13.4.